The summed E-state index contributed by atoms with van der Waals surface area (Å²) in [4.78, 5) is 21.4. The molecule has 1 aliphatic carbocycles. The lowest BCUT2D eigenvalue weighted by molar-refractivity contribution is -0.141. The average Bonchev–Trinajstić information content (AvgIpc) is 3.29. The number of thiazole rings is 1. The number of hydrogen-bond donors (Lipinski definition) is 3. The minimum atomic E-state index is -4.53. The van der Waals surface area contributed by atoms with Gasteiger partial charge in [0.05, 0.1) is 4.88 Å². The Morgan fingerprint density at radius 1 is 1.21 bits per heavy atom. The summed E-state index contributed by atoms with van der Waals surface area (Å²) in [6.45, 7) is 1.90. The van der Waals surface area contributed by atoms with Gasteiger partial charge in [0.15, 0.2) is 0 Å². The first-order valence-corrected chi connectivity index (χ1v) is 11.6. The van der Waals surface area contributed by atoms with Crippen LogP contribution >= 0.6 is 11.3 Å². The Balaban J connectivity index is 0.00000103. The van der Waals surface area contributed by atoms with Crippen LogP contribution in [0, 0.1) is 12.8 Å². The number of halogens is 3. The number of nitrogens with zero attached hydrogens (tertiary/aromatic N) is 3. The van der Waals surface area contributed by atoms with Crippen LogP contribution in [-0.4, -0.2) is 26.5 Å². The highest BCUT2D eigenvalue weighted by Gasteiger charge is 2.32. The zero-order valence-electron chi connectivity index (χ0n) is 18.5. The molecule has 7 nitrogen and oxygen atoms in total. The van der Waals surface area contributed by atoms with Crippen LogP contribution in [-0.2, 0) is 11.0 Å². The molecule has 2 aromatic heterocycles. The number of aromatic nitrogens is 3. The number of carbonyl (C=O) groups excluding carboxylic acids is 1. The number of primary amides is 1. The number of hydrogen-bond acceptors (Lipinski definition) is 7. The largest absolute Gasteiger partial charge is 0.433 e. The number of carbonyl (C=O) groups is 1. The van der Waals surface area contributed by atoms with Crippen molar-refractivity contribution in [3.63, 3.8) is 0 Å². The Morgan fingerprint density at radius 2 is 1.91 bits per heavy atom. The van der Waals surface area contributed by atoms with Gasteiger partial charge >= 0.3 is 6.18 Å². The van der Waals surface area contributed by atoms with E-state index in [1.165, 1.54) is 17.8 Å². The van der Waals surface area contributed by atoms with Gasteiger partial charge in [-0.3, -0.25) is 4.79 Å². The van der Waals surface area contributed by atoms with Crippen molar-refractivity contribution in [1.82, 2.24) is 15.0 Å². The molecule has 0 aliphatic heterocycles. The number of aliphatic hydroxyl groups excluding tert-OH is 1. The number of aliphatic hydroxyl groups is 1. The van der Waals surface area contributed by atoms with Crippen molar-refractivity contribution in [3.05, 3.63) is 52.9 Å². The van der Waals surface area contributed by atoms with E-state index < -0.39 is 18.0 Å². The lowest BCUT2D eigenvalue weighted by Gasteiger charge is -2.25. The number of aryl methyl sites for hydroxylation is 1. The van der Waals surface area contributed by atoms with Gasteiger partial charge in [-0.15, -0.1) is 11.3 Å². The zero-order chi connectivity index (χ0) is 24.7. The highest BCUT2D eigenvalue weighted by Crippen LogP contribution is 2.38. The van der Waals surface area contributed by atoms with E-state index in [1.54, 1.807) is 6.20 Å². The minimum Gasteiger partial charge on any atom is -0.386 e. The summed E-state index contributed by atoms with van der Waals surface area (Å²) >= 11 is 1.45. The molecule has 1 atom stereocenters. The molecule has 11 heteroatoms. The van der Waals surface area contributed by atoms with Crippen LogP contribution in [0.2, 0.25) is 0 Å². The van der Waals surface area contributed by atoms with Crippen molar-refractivity contribution in [2.45, 2.75) is 51.3 Å². The quantitative estimate of drug-likeness (QED) is 0.411. The molecular formula is C23H26F3N5O2S. The van der Waals surface area contributed by atoms with E-state index in [0.717, 1.165) is 54.0 Å². The topological polar surface area (TPSA) is 114 Å². The van der Waals surface area contributed by atoms with Crippen LogP contribution in [0.4, 0.5) is 24.8 Å². The molecular weight excluding hydrogens is 467 g/mol. The standard InChI is InChI=1S/C22H23F3N4OS.CH3NO/c1-13-9-15(17-12-27-20(31-17)19(30)14-5-3-2-4-6-14)11-16(10-13)28-21-26-8-7-18(29-21)22(23,24)25;2-1-3/h7-12,14,19,30H,2-6H2,1H3,(H,26,28,29);1H,(H2,2,3). The second-order valence-corrected chi connectivity index (χ2v) is 9.08. The van der Waals surface area contributed by atoms with Crippen molar-refractivity contribution in [2.75, 3.05) is 5.32 Å². The molecule has 4 rings (SSSR count). The Bertz CT molecular complexity index is 1100. The fourth-order valence-electron chi connectivity index (χ4n) is 3.91. The highest BCUT2D eigenvalue weighted by molar-refractivity contribution is 7.15. The number of anilines is 2. The van der Waals surface area contributed by atoms with Crippen molar-refractivity contribution in [1.29, 1.82) is 0 Å². The fraction of sp³-hybridized carbons (Fsp3) is 0.391. The molecule has 1 aromatic carbocycles. The third-order valence-electron chi connectivity index (χ3n) is 5.44. The zero-order valence-corrected chi connectivity index (χ0v) is 19.4. The molecule has 0 radical (unpaired) electrons. The first-order valence-electron chi connectivity index (χ1n) is 10.8. The Morgan fingerprint density at radius 3 is 2.59 bits per heavy atom. The highest BCUT2D eigenvalue weighted by atomic mass is 32.1. The van der Waals surface area contributed by atoms with Crippen LogP contribution in [0.15, 0.2) is 36.7 Å². The number of alkyl halides is 3. The van der Waals surface area contributed by atoms with Crippen molar-refractivity contribution >= 4 is 29.4 Å². The smallest absolute Gasteiger partial charge is 0.386 e. The van der Waals surface area contributed by atoms with Gasteiger partial charge in [-0.2, -0.15) is 13.2 Å². The van der Waals surface area contributed by atoms with Gasteiger partial charge in [0.1, 0.15) is 16.8 Å². The molecule has 3 aromatic rings. The van der Waals surface area contributed by atoms with Gasteiger partial charge in [-0.25, -0.2) is 15.0 Å². The maximum absolute atomic E-state index is 12.9. The molecule has 1 saturated carbocycles. The summed E-state index contributed by atoms with van der Waals surface area (Å²) in [5, 5.41) is 14.3. The van der Waals surface area contributed by atoms with Crippen LogP contribution in [0.1, 0.15) is 54.5 Å². The number of benzene rings is 1. The summed E-state index contributed by atoms with van der Waals surface area (Å²) in [6, 6.07) is 6.44. The normalized spacial score (nSPS) is 15.2. The van der Waals surface area contributed by atoms with Crippen molar-refractivity contribution in [2.24, 2.45) is 11.7 Å². The Labute approximate surface area is 199 Å². The third-order valence-corrected chi connectivity index (χ3v) is 6.55. The Kier molecular flexibility index (Phi) is 8.56. The predicted octanol–water partition coefficient (Wildman–Crippen LogP) is 5.39. The van der Waals surface area contributed by atoms with Gasteiger partial charge in [-0.05, 0) is 55.0 Å². The number of rotatable bonds is 5. The second kappa shape index (κ2) is 11.4. The first kappa shape index (κ1) is 25.6. The van der Waals surface area contributed by atoms with E-state index in [9.17, 15) is 18.3 Å². The van der Waals surface area contributed by atoms with Crippen LogP contribution in [0.5, 0.6) is 0 Å². The molecule has 1 unspecified atom stereocenters. The molecule has 0 spiro atoms. The lowest BCUT2D eigenvalue weighted by atomic mass is 9.85. The van der Waals surface area contributed by atoms with Gasteiger partial charge < -0.3 is 16.2 Å². The van der Waals surface area contributed by atoms with Crippen molar-refractivity contribution in [3.8, 4) is 10.4 Å². The van der Waals surface area contributed by atoms with E-state index >= 15 is 0 Å². The SMILES string of the molecule is Cc1cc(Nc2nccc(C(F)(F)F)n2)cc(-c2cnc(C(O)C3CCCCC3)s2)c1.NC=O. The number of nitrogens with two attached hydrogens (primary N) is 1. The van der Waals surface area contributed by atoms with Crippen LogP contribution < -0.4 is 11.1 Å². The summed E-state index contributed by atoms with van der Waals surface area (Å²) < 4.78 is 38.7. The second-order valence-electron chi connectivity index (χ2n) is 8.02. The maximum atomic E-state index is 12.9. The predicted molar refractivity (Wildman–Crippen MR) is 124 cm³/mol. The van der Waals surface area contributed by atoms with Crippen molar-refractivity contribution < 1.29 is 23.1 Å². The molecule has 1 amide bonds. The molecule has 1 fully saturated rings. The van der Waals surface area contributed by atoms with Crippen LogP contribution in [0.3, 0.4) is 0 Å². The van der Waals surface area contributed by atoms with Crippen LogP contribution in [0.25, 0.3) is 10.4 Å². The Hall–Kier alpha value is -3.05. The van der Waals surface area contributed by atoms with E-state index in [0.29, 0.717) is 10.7 Å². The third kappa shape index (κ3) is 6.73. The molecule has 4 N–H and O–H groups in total. The average molecular weight is 494 g/mol. The molecule has 0 bridgehead atoms. The number of amides is 1. The fourth-order valence-corrected chi connectivity index (χ4v) is 4.90. The van der Waals surface area contributed by atoms with Gasteiger partial charge in [-0.1, -0.05) is 25.3 Å². The van der Waals surface area contributed by atoms with E-state index in [1.807, 2.05) is 25.1 Å². The van der Waals surface area contributed by atoms with Gasteiger partial charge in [0.25, 0.3) is 0 Å². The molecule has 1 aliphatic rings. The van der Waals surface area contributed by atoms with Gasteiger partial charge in [0.2, 0.25) is 12.4 Å². The molecule has 34 heavy (non-hydrogen) atoms. The summed E-state index contributed by atoms with van der Waals surface area (Å²) in [5.41, 5.74) is 5.54. The summed E-state index contributed by atoms with van der Waals surface area (Å²) in [5.74, 6) is 0.129. The van der Waals surface area contributed by atoms with E-state index in [2.05, 4.69) is 26.0 Å². The monoisotopic (exact) mass is 493 g/mol. The molecule has 2 heterocycles. The van der Waals surface area contributed by atoms with Gasteiger partial charge in [0, 0.05) is 18.1 Å². The molecule has 0 saturated heterocycles. The van der Waals surface area contributed by atoms with E-state index in [4.69, 9.17) is 4.79 Å². The summed E-state index contributed by atoms with van der Waals surface area (Å²) in [7, 11) is 0. The first-order chi connectivity index (χ1) is 16.2. The lowest BCUT2D eigenvalue weighted by Crippen LogP contribution is -2.15. The van der Waals surface area contributed by atoms with E-state index in [-0.39, 0.29) is 18.3 Å². The maximum Gasteiger partial charge on any atom is 0.433 e. The number of nitrogens with one attached hydrogen (secondary N) is 1. The summed E-state index contributed by atoms with van der Waals surface area (Å²) in [6.07, 6.45) is 3.53. The minimum absolute atomic E-state index is 0.121. The molecule has 182 valence electrons.